The van der Waals surface area contributed by atoms with Crippen molar-refractivity contribution in [2.75, 3.05) is 10.6 Å². The summed E-state index contributed by atoms with van der Waals surface area (Å²) in [6, 6.07) is 68.1. The van der Waals surface area contributed by atoms with E-state index in [2.05, 4.69) is 198 Å². The number of nitrogen functional groups attached to an aromatic ring is 1. The van der Waals surface area contributed by atoms with Gasteiger partial charge in [0.05, 0.1) is 42.0 Å². The first kappa shape index (κ1) is 56.0. The monoisotopic (exact) mass is 1040 g/mol. The zero-order valence-corrected chi connectivity index (χ0v) is 46.5. The molecule has 1 aliphatic rings. The van der Waals surface area contributed by atoms with Crippen LogP contribution in [0, 0.1) is 64.2 Å². The predicted octanol–water partition coefficient (Wildman–Crippen LogP) is 18.0. The number of amidine groups is 1. The number of nitrogens with two attached hydrogens (primary N) is 1. The fourth-order valence-corrected chi connectivity index (χ4v) is 9.70. The van der Waals surface area contributed by atoms with E-state index in [4.69, 9.17) is 16.0 Å². The molecule has 7 heteroatoms. The van der Waals surface area contributed by atoms with E-state index < -0.39 is 0 Å². The number of rotatable bonds is 10. The number of hydrogen-bond donors (Lipinski definition) is 1. The second-order valence-corrected chi connectivity index (χ2v) is 20.1. The first-order valence-electron chi connectivity index (χ1n) is 26.5. The normalized spacial score (nSPS) is 12.4. The number of benzene rings is 9. The van der Waals surface area contributed by atoms with Gasteiger partial charge in [0.25, 0.3) is 0 Å². The summed E-state index contributed by atoms with van der Waals surface area (Å²) < 4.78 is 0. The average molecular weight is 1040 g/mol. The van der Waals surface area contributed by atoms with Crippen molar-refractivity contribution >= 4 is 41.9 Å². The Balaban J connectivity index is 0.000000167. The van der Waals surface area contributed by atoms with Gasteiger partial charge in [0.15, 0.2) is 5.84 Å². The van der Waals surface area contributed by atoms with Gasteiger partial charge in [-0.2, -0.15) is 10.5 Å². The number of nitrogens with zero attached hydrogens (tertiary/aromatic N) is 6. The van der Waals surface area contributed by atoms with Crippen molar-refractivity contribution < 1.29 is 0 Å². The van der Waals surface area contributed by atoms with Crippen LogP contribution in [-0.4, -0.2) is 19.3 Å². The van der Waals surface area contributed by atoms with Crippen LogP contribution in [0.5, 0.6) is 0 Å². The Morgan fingerprint density at radius 2 is 1.16 bits per heavy atom. The number of fused-ring (bicyclic) bond motifs is 1. The van der Waals surface area contributed by atoms with Gasteiger partial charge in [0, 0.05) is 28.7 Å². The van der Waals surface area contributed by atoms with E-state index in [1.165, 1.54) is 44.5 Å². The molecule has 2 N–H and O–H groups in total. The smallest absolute Gasteiger partial charge is 0.154 e. The molecule has 0 saturated carbocycles. The third-order valence-electron chi connectivity index (χ3n) is 13.8. The van der Waals surface area contributed by atoms with Crippen molar-refractivity contribution in [1.82, 2.24) is 0 Å². The number of nitriles is 2. The van der Waals surface area contributed by atoms with Gasteiger partial charge in [-0.25, -0.2) is 4.99 Å². The van der Waals surface area contributed by atoms with E-state index >= 15 is 0 Å². The van der Waals surface area contributed by atoms with E-state index in [9.17, 15) is 5.26 Å². The molecule has 1 heterocycles. The lowest BCUT2D eigenvalue weighted by Crippen LogP contribution is -2.12. The van der Waals surface area contributed by atoms with Crippen LogP contribution >= 0.6 is 0 Å². The van der Waals surface area contributed by atoms with Crippen LogP contribution in [0.4, 0.5) is 17.1 Å². The number of aliphatic imine (C=N–C) groups is 3. The van der Waals surface area contributed by atoms with Crippen molar-refractivity contribution in [3.05, 3.63) is 286 Å². The molecule has 0 amide bonds. The molecule has 392 valence electrons. The van der Waals surface area contributed by atoms with Crippen LogP contribution in [0.3, 0.4) is 0 Å². The van der Waals surface area contributed by atoms with Gasteiger partial charge in [-0.3, -0.25) is 9.98 Å². The zero-order chi connectivity index (χ0) is 56.7. The molecule has 0 aliphatic carbocycles. The van der Waals surface area contributed by atoms with E-state index in [-0.39, 0.29) is 0 Å². The molecule has 0 spiro atoms. The quantitative estimate of drug-likeness (QED) is 0.0835. The molecule has 0 aromatic heterocycles. The molecule has 7 nitrogen and oxygen atoms in total. The first-order chi connectivity index (χ1) is 38.7. The molecule has 0 atom stereocenters. The van der Waals surface area contributed by atoms with Gasteiger partial charge < -0.3 is 10.6 Å². The summed E-state index contributed by atoms with van der Waals surface area (Å²) in [4.78, 5) is 15.3. The summed E-state index contributed by atoms with van der Waals surface area (Å²) in [6.45, 7) is 25.5. The minimum absolute atomic E-state index is 0.484. The van der Waals surface area contributed by atoms with E-state index in [0.29, 0.717) is 35.7 Å². The Morgan fingerprint density at radius 1 is 0.512 bits per heavy atom. The van der Waals surface area contributed by atoms with Crippen LogP contribution in [0.15, 0.2) is 234 Å². The second kappa shape index (κ2) is 26.2. The highest BCUT2D eigenvalue weighted by Crippen LogP contribution is 2.38. The number of allylic oxidation sites excluding steroid dienone is 4. The fourth-order valence-electron chi connectivity index (χ4n) is 9.70. The SMILES string of the molecule is C=NC(=NCc1ccccc1-c1ccc(C#N)cc1)c1cc(C)cc(-c2cccc(C)c2)c1.C=NCc1cc(-c2cccc(C#N)c2)cc(N2/C=C\C=C/C(=C)c3cc(N)ccc32)c1.Cc1ccc(C)c(-c2cc(C)ccc2C)c1. The zero-order valence-electron chi connectivity index (χ0n) is 46.5. The van der Waals surface area contributed by atoms with Crippen LogP contribution < -0.4 is 10.6 Å². The lowest BCUT2D eigenvalue weighted by atomic mass is 9.94. The highest BCUT2D eigenvalue weighted by atomic mass is 15.1. The molecular formula is C73H65N7. The van der Waals surface area contributed by atoms with Gasteiger partial charge in [-0.15, -0.1) is 0 Å². The molecule has 9 aromatic carbocycles. The van der Waals surface area contributed by atoms with E-state index in [0.717, 1.165) is 72.6 Å². The molecule has 9 aromatic rings. The predicted molar refractivity (Wildman–Crippen MR) is 339 cm³/mol. The average Bonchev–Trinajstić information content (AvgIpc) is 3.46. The van der Waals surface area contributed by atoms with Crippen molar-refractivity contribution in [2.24, 2.45) is 15.0 Å². The molecular weight excluding hydrogens is 975 g/mol. The number of aryl methyl sites for hydroxylation is 6. The summed E-state index contributed by atoms with van der Waals surface area (Å²) in [6.07, 6.45) is 7.95. The lowest BCUT2D eigenvalue weighted by Gasteiger charge is -2.26. The first-order valence-corrected chi connectivity index (χ1v) is 26.5. The van der Waals surface area contributed by atoms with Crippen molar-refractivity contribution in [3.8, 4) is 56.6 Å². The van der Waals surface area contributed by atoms with Gasteiger partial charge >= 0.3 is 0 Å². The van der Waals surface area contributed by atoms with Crippen molar-refractivity contribution in [3.63, 3.8) is 0 Å². The maximum Gasteiger partial charge on any atom is 0.154 e. The van der Waals surface area contributed by atoms with E-state index in [1.54, 1.807) is 6.07 Å². The topological polar surface area (TPSA) is 114 Å². The van der Waals surface area contributed by atoms with E-state index in [1.807, 2.05) is 97.2 Å². The minimum atomic E-state index is 0.484. The maximum absolute atomic E-state index is 9.31. The third-order valence-corrected chi connectivity index (χ3v) is 13.8. The number of hydrogen-bond acceptors (Lipinski definition) is 6. The highest BCUT2D eigenvalue weighted by Gasteiger charge is 2.17. The second-order valence-electron chi connectivity index (χ2n) is 20.1. The lowest BCUT2D eigenvalue weighted by molar-refractivity contribution is 1.06. The van der Waals surface area contributed by atoms with Gasteiger partial charge in [0.1, 0.15) is 0 Å². The Kier molecular flexibility index (Phi) is 18.4. The summed E-state index contributed by atoms with van der Waals surface area (Å²) in [5.74, 6) is 0.627. The van der Waals surface area contributed by atoms with Crippen LogP contribution in [0.2, 0.25) is 0 Å². The maximum atomic E-state index is 9.31. The minimum Gasteiger partial charge on any atom is -0.399 e. The van der Waals surface area contributed by atoms with Gasteiger partial charge in [0.2, 0.25) is 0 Å². The molecule has 0 saturated heterocycles. The van der Waals surface area contributed by atoms with Gasteiger partial charge in [-0.1, -0.05) is 151 Å². The highest BCUT2D eigenvalue weighted by molar-refractivity contribution is 6.02. The summed E-state index contributed by atoms with van der Waals surface area (Å²) in [5.41, 5.74) is 31.8. The summed E-state index contributed by atoms with van der Waals surface area (Å²) in [7, 11) is 0. The molecule has 0 bridgehead atoms. The molecule has 10 rings (SSSR count). The largest absolute Gasteiger partial charge is 0.399 e. The third kappa shape index (κ3) is 14.0. The van der Waals surface area contributed by atoms with Crippen LogP contribution in [-0.2, 0) is 13.1 Å². The Hall–Kier alpha value is -10.2. The van der Waals surface area contributed by atoms with Crippen molar-refractivity contribution in [2.45, 2.75) is 54.6 Å². The summed E-state index contributed by atoms with van der Waals surface area (Å²) >= 11 is 0. The van der Waals surface area contributed by atoms with Crippen LogP contribution in [0.1, 0.15) is 66.8 Å². The molecule has 1 aliphatic heterocycles. The van der Waals surface area contributed by atoms with Crippen molar-refractivity contribution in [1.29, 1.82) is 10.5 Å². The fraction of sp³-hybridized carbons (Fsp3) is 0.110. The Bertz CT molecular complexity index is 3900. The van der Waals surface area contributed by atoms with Gasteiger partial charge in [-0.05, 0) is 212 Å². The summed E-state index contributed by atoms with van der Waals surface area (Å²) in [5, 5.41) is 18.4. The Morgan fingerprint density at radius 3 is 1.84 bits per heavy atom. The molecule has 0 unspecified atom stereocenters. The molecule has 0 fully saturated rings. The Labute approximate surface area is 472 Å². The molecule has 0 radical (unpaired) electrons. The molecule has 80 heavy (non-hydrogen) atoms. The van der Waals surface area contributed by atoms with Crippen LogP contribution in [0.25, 0.3) is 50.1 Å². The standard InChI is InChI=1S/C30H25N3.C27H22N4.C16H18/c1-21-7-6-9-25(15-21)27-16-22(2)17-28(18-27)30(32-3)33-20-26-8-4-5-10-29(26)24-13-11-23(19-31)12-14-24;1-19-6-3-4-11-31(27-10-9-24(29)16-26(19)27)25-14-21(18-30-2)13-23(15-25)22-8-5-7-20(12-22)17-28;1-11-5-7-13(3)15(9-11)16-10-12(2)6-8-14(16)4/h4-18H,3,20H2,1-2H3;3-16H,1-2,18,29H2;5-10H,1-4H3/b;6-3-,11-4-;. The number of anilines is 3.